The van der Waals surface area contributed by atoms with Gasteiger partial charge in [-0.15, -0.1) is 11.8 Å². The molecule has 0 saturated carbocycles. The summed E-state index contributed by atoms with van der Waals surface area (Å²) in [6.07, 6.45) is 0.316. The molecule has 5 nitrogen and oxygen atoms in total. The van der Waals surface area contributed by atoms with Gasteiger partial charge in [0.1, 0.15) is 6.04 Å². The van der Waals surface area contributed by atoms with Gasteiger partial charge < -0.3 is 14.6 Å². The smallest absolute Gasteiger partial charge is 0.321 e. The highest BCUT2D eigenvalue weighted by molar-refractivity contribution is 8.00. The molecular weight excluding hydrogens is 218 g/mol. The lowest BCUT2D eigenvalue weighted by molar-refractivity contribution is -0.139. The number of methoxy groups -OCH3 is 2. The molecule has 0 aromatic heterocycles. The maximum absolute atomic E-state index is 10.8. The van der Waals surface area contributed by atoms with Crippen LogP contribution in [-0.4, -0.2) is 48.3 Å². The lowest BCUT2D eigenvalue weighted by Crippen LogP contribution is -2.45. The Hall–Kier alpha value is -0.300. The van der Waals surface area contributed by atoms with Crippen LogP contribution in [-0.2, 0) is 14.3 Å². The second kappa shape index (κ2) is 5.16. The van der Waals surface area contributed by atoms with Crippen LogP contribution in [0.15, 0.2) is 0 Å². The summed E-state index contributed by atoms with van der Waals surface area (Å²) < 4.78 is 10.2. The van der Waals surface area contributed by atoms with Crippen molar-refractivity contribution in [3.63, 3.8) is 0 Å². The molecule has 0 aromatic rings. The molecule has 0 aliphatic carbocycles. The van der Waals surface area contributed by atoms with Gasteiger partial charge in [0.25, 0.3) is 0 Å². The zero-order valence-corrected chi connectivity index (χ0v) is 9.97. The highest BCUT2D eigenvalue weighted by Crippen LogP contribution is 2.34. The number of carboxylic acids is 1. The summed E-state index contributed by atoms with van der Waals surface area (Å²) >= 11 is 1.59. The van der Waals surface area contributed by atoms with Crippen LogP contribution in [0.4, 0.5) is 0 Å². The first kappa shape index (κ1) is 12.8. The van der Waals surface area contributed by atoms with Crippen molar-refractivity contribution < 1.29 is 19.4 Å². The molecule has 2 atom stereocenters. The number of carboxylic acid groups (broad SMARTS) is 1. The molecule has 0 radical (unpaired) electrons. The summed E-state index contributed by atoms with van der Waals surface area (Å²) in [5.74, 6) is -0.232. The third-order valence-electron chi connectivity index (χ3n) is 2.43. The van der Waals surface area contributed by atoms with Crippen molar-refractivity contribution in [2.45, 2.75) is 30.5 Å². The fraction of sp³-hybridized carbons (Fsp3) is 0.889. The van der Waals surface area contributed by atoms with Gasteiger partial charge in [0.2, 0.25) is 0 Å². The molecule has 6 heteroatoms. The van der Waals surface area contributed by atoms with Crippen LogP contribution in [0.25, 0.3) is 0 Å². The fourth-order valence-corrected chi connectivity index (χ4v) is 2.79. The molecule has 1 heterocycles. The molecule has 1 saturated heterocycles. The van der Waals surface area contributed by atoms with Crippen LogP contribution in [0.2, 0.25) is 0 Å². The summed E-state index contributed by atoms with van der Waals surface area (Å²) in [5, 5.41) is 11.9. The standard InChI is InChI=1S/C9H17NO4S/c1-9(4-7(13-2)14-3)10-6(5-15-9)8(11)12/h6-7,10H,4-5H2,1-3H3,(H,11,12). The first-order valence-electron chi connectivity index (χ1n) is 4.71. The van der Waals surface area contributed by atoms with E-state index in [9.17, 15) is 4.79 Å². The molecule has 0 aromatic carbocycles. The monoisotopic (exact) mass is 235 g/mol. The van der Waals surface area contributed by atoms with Gasteiger partial charge in [0.15, 0.2) is 6.29 Å². The van der Waals surface area contributed by atoms with Gasteiger partial charge in [-0.3, -0.25) is 10.1 Å². The summed E-state index contributed by atoms with van der Waals surface area (Å²) in [7, 11) is 3.15. The van der Waals surface area contributed by atoms with Gasteiger partial charge in [-0.05, 0) is 6.92 Å². The van der Waals surface area contributed by atoms with Crippen molar-refractivity contribution in [3.8, 4) is 0 Å². The summed E-state index contributed by atoms with van der Waals surface area (Å²) in [4.78, 5) is 10.5. The molecule has 15 heavy (non-hydrogen) atoms. The molecular formula is C9H17NO4S. The second-order valence-electron chi connectivity index (χ2n) is 3.68. The van der Waals surface area contributed by atoms with Crippen LogP contribution in [0.3, 0.4) is 0 Å². The Morgan fingerprint density at radius 3 is 2.67 bits per heavy atom. The third-order valence-corrected chi connectivity index (χ3v) is 3.85. The average molecular weight is 235 g/mol. The third kappa shape index (κ3) is 3.34. The van der Waals surface area contributed by atoms with Crippen molar-refractivity contribution >= 4 is 17.7 Å². The summed E-state index contributed by atoms with van der Waals surface area (Å²) in [5.41, 5.74) is 0. The number of thioether (sulfide) groups is 1. The quantitative estimate of drug-likeness (QED) is 0.676. The first-order chi connectivity index (χ1) is 7.00. The maximum Gasteiger partial charge on any atom is 0.321 e. The lowest BCUT2D eigenvalue weighted by atomic mass is 10.2. The Labute approximate surface area is 93.5 Å². The van der Waals surface area contributed by atoms with Crippen molar-refractivity contribution in [1.82, 2.24) is 5.32 Å². The van der Waals surface area contributed by atoms with E-state index in [4.69, 9.17) is 14.6 Å². The Bertz CT molecular complexity index is 234. The molecule has 1 rings (SSSR count). The van der Waals surface area contributed by atoms with E-state index in [1.54, 1.807) is 26.0 Å². The van der Waals surface area contributed by atoms with E-state index in [-0.39, 0.29) is 11.2 Å². The zero-order chi connectivity index (χ0) is 11.5. The molecule has 1 aliphatic rings. The van der Waals surface area contributed by atoms with Crippen LogP contribution in [0.5, 0.6) is 0 Å². The van der Waals surface area contributed by atoms with E-state index in [0.717, 1.165) is 0 Å². The van der Waals surface area contributed by atoms with E-state index in [1.165, 1.54) is 0 Å². The minimum Gasteiger partial charge on any atom is -0.480 e. The molecule has 88 valence electrons. The Morgan fingerprint density at radius 2 is 2.27 bits per heavy atom. The maximum atomic E-state index is 10.8. The Kier molecular flexibility index (Phi) is 4.39. The molecule has 2 unspecified atom stereocenters. The SMILES string of the molecule is COC(CC1(C)NC(C(=O)O)CS1)OC. The predicted molar refractivity (Wildman–Crippen MR) is 57.8 cm³/mol. The second-order valence-corrected chi connectivity index (χ2v) is 5.21. The number of nitrogens with one attached hydrogen (secondary N) is 1. The number of hydrogen-bond donors (Lipinski definition) is 2. The Morgan fingerprint density at radius 1 is 1.67 bits per heavy atom. The van der Waals surface area contributed by atoms with Crippen LogP contribution in [0.1, 0.15) is 13.3 Å². The molecule has 1 aliphatic heterocycles. The number of aliphatic carboxylic acids is 1. The largest absolute Gasteiger partial charge is 0.480 e. The predicted octanol–water partition coefficient (Wildman–Crippen LogP) is 0.501. The normalized spacial score (nSPS) is 31.1. The van der Waals surface area contributed by atoms with Gasteiger partial charge in [-0.2, -0.15) is 0 Å². The van der Waals surface area contributed by atoms with Gasteiger partial charge in [0, 0.05) is 26.4 Å². The van der Waals surface area contributed by atoms with E-state index in [1.807, 2.05) is 6.92 Å². The molecule has 0 spiro atoms. The van der Waals surface area contributed by atoms with Gasteiger partial charge in [-0.1, -0.05) is 0 Å². The molecule has 0 amide bonds. The minimum absolute atomic E-state index is 0.292. The van der Waals surface area contributed by atoms with E-state index < -0.39 is 12.0 Å². The van der Waals surface area contributed by atoms with Gasteiger partial charge in [-0.25, -0.2) is 0 Å². The average Bonchev–Trinajstić information content (AvgIpc) is 2.58. The fourth-order valence-electron chi connectivity index (χ4n) is 1.55. The number of carbonyl (C=O) groups is 1. The van der Waals surface area contributed by atoms with Crippen LogP contribution < -0.4 is 5.32 Å². The summed E-state index contributed by atoms with van der Waals surface area (Å²) in [6, 6.07) is -0.477. The van der Waals surface area contributed by atoms with Crippen molar-refractivity contribution in [3.05, 3.63) is 0 Å². The van der Waals surface area contributed by atoms with Crippen LogP contribution in [0, 0.1) is 0 Å². The van der Waals surface area contributed by atoms with Gasteiger partial charge >= 0.3 is 5.97 Å². The van der Waals surface area contributed by atoms with E-state index in [2.05, 4.69) is 5.32 Å². The first-order valence-corrected chi connectivity index (χ1v) is 5.69. The Balaban J connectivity index is 2.51. The van der Waals surface area contributed by atoms with Crippen molar-refractivity contribution in [2.24, 2.45) is 0 Å². The van der Waals surface area contributed by atoms with Crippen molar-refractivity contribution in [2.75, 3.05) is 20.0 Å². The number of rotatable bonds is 5. The number of ether oxygens (including phenoxy) is 2. The summed E-state index contributed by atoms with van der Waals surface area (Å²) in [6.45, 7) is 1.96. The number of hydrogen-bond acceptors (Lipinski definition) is 5. The van der Waals surface area contributed by atoms with E-state index >= 15 is 0 Å². The van der Waals surface area contributed by atoms with Gasteiger partial charge in [0.05, 0.1) is 4.87 Å². The van der Waals surface area contributed by atoms with Crippen LogP contribution >= 0.6 is 11.8 Å². The molecule has 1 fully saturated rings. The minimum atomic E-state index is -0.808. The molecule has 0 bridgehead atoms. The zero-order valence-electron chi connectivity index (χ0n) is 9.15. The lowest BCUT2D eigenvalue weighted by Gasteiger charge is -2.27. The van der Waals surface area contributed by atoms with Crippen molar-refractivity contribution in [1.29, 1.82) is 0 Å². The topological polar surface area (TPSA) is 67.8 Å². The molecule has 2 N–H and O–H groups in total. The highest BCUT2D eigenvalue weighted by atomic mass is 32.2. The highest BCUT2D eigenvalue weighted by Gasteiger charge is 2.40. The van der Waals surface area contributed by atoms with E-state index in [0.29, 0.717) is 12.2 Å².